The number of nitrogens with zero attached hydrogens (tertiary/aromatic N) is 1. The van der Waals surface area contributed by atoms with Gasteiger partial charge in [-0.3, -0.25) is 4.90 Å². The van der Waals surface area contributed by atoms with Gasteiger partial charge >= 0.3 is 0 Å². The Bertz CT molecular complexity index is 245. The van der Waals surface area contributed by atoms with E-state index in [1.165, 1.54) is 64.6 Å². The SMILES string of the molecule is CCCNC1CCCC(N2CCCC(COC)C2)C1. The van der Waals surface area contributed by atoms with Crippen molar-refractivity contribution in [1.29, 1.82) is 0 Å². The molecule has 1 saturated carbocycles. The highest BCUT2D eigenvalue weighted by atomic mass is 16.5. The molecule has 2 fully saturated rings. The van der Waals surface area contributed by atoms with Gasteiger partial charge in [0, 0.05) is 25.7 Å². The molecule has 1 heterocycles. The van der Waals surface area contributed by atoms with Crippen LogP contribution in [-0.4, -0.2) is 50.3 Å². The van der Waals surface area contributed by atoms with Crippen LogP contribution in [0.5, 0.6) is 0 Å². The van der Waals surface area contributed by atoms with Gasteiger partial charge in [-0.05, 0) is 57.5 Å². The first-order chi connectivity index (χ1) is 9.33. The maximum Gasteiger partial charge on any atom is 0.0502 e. The molecule has 2 aliphatic rings. The van der Waals surface area contributed by atoms with E-state index in [1.807, 2.05) is 7.11 Å². The Labute approximate surface area is 119 Å². The summed E-state index contributed by atoms with van der Waals surface area (Å²) in [5.74, 6) is 0.766. The summed E-state index contributed by atoms with van der Waals surface area (Å²) in [7, 11) is 1.84. The van der Waals surface area contributed by atoms with E-state index in [4.69, 9.17) is 4.74 Å². The summed E-state index contributed by atoms with van der Waals surface area (Å²) in [4.78, 5) is 2.76. The average Bonchev–Trinajstić information content (AvgIpc) is 2.46. The van der Waals surface area contributed by atoms with E-state index in [0.717, 1.165) is 24.6 Å². The van der Waals surface area contributed by atoms with Gasteiger partial charge in [0.15, 0.2) is 0 Å². The lowest BCUT2D eigenvalue weighted by atomic mass is 9.87. The Hall–Kier alpha value is -0.120. The fraction of sp³-hybridized carbons (Fsp3) is 1.00. The summed E-state index contributed by atoms with van der Waals surface area (Å²) in [6, 6.07) is 1.59. The van der Waals surface area contributed by atoms with Crippen molar-refractivity contribution in [3.05, 3.63) is 0 Å². The van der Waals surface area contributed by atoms with E-state index < -0.39 is 0 Å². The molecular formula is C16H32N2O. The number of hydrogen-bond donors (Lipinski definition) is 1. The van der Waals surface area contributed by atoms with Crippen LogP contribution in [0.1, 0.15) is 51.9 Å². The van der Waals surface area contributed by atoms with Gasteiger partial charge in [-0.25, -0.2) is 0 Å². The second kappa shape index (κ2) is 8.23. The second-order valence-electron chi connectivity index (χ2n) is 6.43. The van der Waals surface area contributed by atoms with E-state index in [2.05, 4.69) is 17.1 Å². The molecule has 3 heteroatoms. The summed E-state index contributed by atoms with van der Waals surface area (Å²) in [5, 5.41) is 3.73. The molecule has 1 N–H and O–H groups in total. The fourth-order valence-corrected chi connectivity index (χ4v) is 3.83. The predicted octanol–water partition coefficient (Wildman–Crippen LogP) is 2.66. The Morgan fingerprint density at radius 3 is 2.89 bits per heavy atom. The van der Waals surface area contributed by atoms with Gasteiger partial charge in [-0.1, -0.05) is 13.3 Å². The third-order valence-electron chi connectivity index (χ3n) is 4.80. The molecule has 2 rings (SSSR count). The van der Waals surface area contributed by atoms with Gasteiger partial charge in [0.2, 0.25) is 0 Å². The second-order valence-corrected chi connectivity index (χ2v) is 6.43. The molecule has 112 valence electrons. The molecular weight excluding hydrogens is 236 g/mol. The van der Waals surface area contributed by atoms with Crippen LogP contribution in [-0.2, 0) is 4.74 Å². The first-order valence-corrected chi connectivity index (χ1v) is 8.29. The topological polar surface area (TPSA) is 24.5 Å². The molecule has 0 spiro atoms. The maximum atomic E-state index is 5.35. The predicted molar refractivity (Wildman–Crippen MR) is 80.5 cm³/mol. The molecule has 3 atom stereocenters. The highest BCUT2D eigenvalue weighted by Crippen LogP contribution is 2.27. The van der Waals surface area contributed by atoms with Gasteiger partial charge < -0.3 is 10.1 Å². The Kier molecular flexibility index (Phi) is 6.62. The highest BCUT2D eigenvalue weighted by Gasteiger charge is 2.29. The minimum atomic E-state index is 0.765. The lowest BCUT2D eigenvalue weighted by Crippen LogP contribution is -2.48. The standard InChI is InChI=1S/C16H32N2O/c1-3-9-17-15-7-4-8-16(11-15)18-10-5-6-14(12-18)13-19-2/h14-17H,3-13H2,1-2H3. The van der Waals surface area contributed by atoms with Crippen LogP contribution in [0.2, 0.25) is 0 Å². The molecule has 0 aromatic rings. The van der Waals surface area contributed by atoms with Crippen LogP contribution in [0.3, 0.4) is 0 Å². The molecule has 3 unspecified atom stereocenters. The van der Waals surface area contributed by atoms with Gasteiger partial charge in [0.1, 0.15) is 0 Å². The lowest BCUT2D eigenvalue weighted by Gasteiger charge is -2.42. The molecule has 1 aliphatic carbocycles. The summed E-state index contributed by atoms with van der Waals surface area (Å²) in [6.07, 6.45) is 9.51. The zero-order chi connectivity index (χ0) is 13.5. The number of nitrogens with one attached hydrogen (secondary N) is 1. The lowest BCUT2D eigenvalue weighted by molar-refractivity contribution is 0.0521. The fourth-order valence-electron chi connectivity index (χ4n) is 3.83. The molecule has 1 saturated heterocycles. The molecule has 0 aromatic carbocycles. The van der Waals surface area contributed by atoms with Crippen LogP contribution < -0.4 is 5.32 Å². The van der Waals surface area contributed by atoms with Crippen molar-refractivity contribution in [2.45, 2.75) is 64.0 Å². The van der Waals surface area contributed by atoms with Crippen molar-refractivity contribution in [3.8, 4) is 0 Å². The zero-order valence-electron chi connectivity index (χ0n) is 12.9. The quantitative estimate of drug-likeness (QED) is 0.801. The normalized spacial score (nSPS) is 33.5. The van der Waals surface area contributed by atoms with Gasteiger partial charge in [-0.2, -0.15) is 0 Å². The van der Waals surface area contributed by atoms with E-state index in [0.29, 0.717) is 0 Å². The smallest absolute Gasteiger partial charge is 0.0502 e. The molecule has 0 radical (unpaired) electrons. The van der Waals surface area contributed by atoms with Crippen molar-refractivity contribution in [3.63, 3.8) is 0 Å². The van der Waals surface area contributed by atoms with E-state index in [9.17, 15) is 0 Å². The summed E-state index contributed by atoms with van der Waals surface area (Å²) in [5.41, 5.74) is 0. The number of hydrogen-bond acceptors (Lipinski definition) is 3. The van der Waals surface area contributed by atoms with Crippen LogP contribution in [0.15, 0.2) is 0 Å². The largest absolute Gasteiger partial charge is 0.384 e. The van der Waals surface area contributed by atoms with E-state index in [-0.39, 0.29) is 0 Å². The van der Waals surface area contributed by atoms with E-state index >= 15 is 0 Å². The van der Waals surface area contributed by atoms with Gasteiger partial charge in [0.05, 0.1) is 6.61 Å². The van der Waals surface area contributed by atoms with Crippen LogP contribution in [0.25, 0.3) is 0 Å². The number of piperidine rings is 1. The van der Waals surface area contributed by atoms with Crippen molar-refractivity contribution in [2.75, 3.05) is 33.4 Å². The number of ether oxygens (including phenoxy) is 1. The molecule has 19 heavy (non-hydrogen) atoms. The minimum Gasteiger partial charge on any atom is -0.384 e. The van der Waals surface area contributed by atoms with Crippen LogP contribution in [0, 0.1) is 5.92 Å². The third kappa shape index (κ3) is 4.73. The highest BCUT2D eigenvalue weighted by molar-refractivity contribution is 4.86. The van der Waals surface area contributed by atoms with Crippen molar-refractivity contribution >= 4 is 0 Å². The van der Waals surface area contributed by atoms with Crippen molar-refractivity contribution < 1.29 is 4.74 Å². The minimum absolute atomic E-state index is 0.765. The van der Waals surface area contributed by atoms with Crippen molar-refractivity contribution in [2.24, 2.45) is 5.92 Å². The van der Waals surface area contributed by atoms with Crippen LogP contribution in [0.4, 0.5) is 0 Å². The van der Waals surface area contributed by atoms with Gasteiger partial charge in [0.25, 0.3) is 0 Å². The monoisotopic (exact) mass is 268 g/mol. The number of methoxy groups -OCH3 is 1. The first-order valence-electron chi connectivity index (χ1n) is 8.29. The first kappa shape index (κ1) is 15.3. The Balaban J connectivity index is 1.79. The summed E-state index contributed by atoms with van der Waals surface area (Å²) in [6.45, 7) is 6.96. The van der Waals surface area contributed by atoms with E-state index in [1.54, 1.807) is 0 Å². The Morgan fingerprint density at radius 1 is 1.21 bits per heavy atom. The van der Waals surface area contributed by atoms with Crippen molar-refractivity contribution in [1.82, 2.24) is 10.2 Å². The Morgan fingerprint density at radius 2 is 2.11 bits per heavy atom. The maximum absolute atomic E-state index is 5.35. The number of likely N-dealkylation sites (tertiary alicyclic amines) is 1. The summed E-state index contributed by atoms with van der Waals surface area (Å²) >= 11 is 0. The molecule has 3 nitrogen and oxygen atoms in total. The summed E-state index contributed by atoms with van der Waals surface area (Å²) < 4.78 is 5.35. The molecule has 0 bridgehead atoms. The molecule has 1 aliphatic heterocycles. The average molecular weight is 268 g/mol. The molecule has 0 aromatic heterocycles. The number of rotatable bonds is 6. The van der Waals surface area contributed by atoms with Gasteiger partial charge in [-0.15, -0.1) is 0 Å². The molecule has 0 amide bonds. The third-order valence-corrected chi connectivity index (χ3v) is 4.80. The zero-order valence-corrected chi connectivity index (χ0v) is 12.9. The van der Waals surface area contributed by atoms with Crippen LogP contribution >= 0.6 is 0 Å².